The second kappa shape index (κ2) is 5.06. The number of nitrogens with two attached hydrogens (primary N) is 1. The maximum absolute atomic E-state index is 13.0. The van der Waals surface area contributed by atoms with Crippen LogP contribution in [0.1, 0.15) is 21.5 Å². The van der Waals surface area contributed by atoms with E-state index >= 15 is 0 Å². The van der Waals surface area contributed by atoms with Gasteiger partial charge in [-0.05, 0) is 43.2 Å². The average Bonchev–Trinajstić information content (AvgIpc) is 2.36. The quantitative estimate of drug-likeness (QED) is 0.815. The van der Waals surface area contributed by atoms with E-state index in [0.29, 0.717) is 11.4 Å². The van der Waals surface area contributed by atoms with E-state index in [9.17, 15) is 9.18 Å². The Balaban J connectivity index is 2.27. The average molecular weight is 259 g/mol. The minimum absolute atomic E-state index is 0.151. The number of hydrogen-bond donors (Lipinski definition) is 2. The predicted octanol–water partition coefficient (Wildman–Crippen LogP) is 2.67. The maximum atomic E-state index is 13.0. The molecule has 0 spiro atoms. The molecule has 0 saturated carbocycles. The van der Waals surface area contributed by atoms with Crippen molar-refractivity contribution >= 4 is 17.3 Å². The molecule has 0 aliphatic rings. The number of aromatic nitrogens is 1. The number of amides is 1. The van der Waals surface area contributed by atoms with Gasteiger partial charge < -0.3 is 11.1 Å². The van der Waals surface area contributed by atoms with Crippen LogP contribution in [0.25, 0.3) is 0 Å². The Morgan fingerprint density at radius 2 is 1.89 bits per heavy atom. The van der Waals surface area contributed by atoms with Gasteiger partial charge in [0.2, 0.25) is 0 Å². The monoisotopic (exact) mass is 259 g/mol. The van der Waals surface area contributed by atoms with Crippen LogP contribution in [-0.4, -0.2) is 10.9 Å². The molecule has 0 bridgehead atoms. The van der Waals surface area contributed by atoms with Crippen molar-refractivity contribution in [2.75, 3.05) is 11.1 Å². The van der Waals surface area contributed by atoms with Crippen molar-refractivity contribution in [3.63, 3.8) is 0 Å². The van der Waals surface area contributed by atoms with Gasteiger partial charge in [0.25, 0.3) is 5.91 Å². The summed E-state index contributed by atoms with van der Waals surface area (Å²) in [6.45, 7) is 3.86. The van der Waals surface area contributed by atoms with Crippen LogP contribution in [0, 0.1) is 19.7 Å². The molecule has 0 atom stereocenters. The lowest BCUT2D eigenvalue weighted by Gasteiger charge is -2.11. The molecule has 1 heterocycles. The molecule has 98 valence electrons. The summed E-state index contributed by atoms with van der Waals surface area (Å²) in [5.74, 6) is -0.998. The van der Waals surface area contributed by atoms with Gasteiger partial charge in [0.15, 0.2) is 0 Å². The van der Waals surface area contributed by atoms with E-state index in [1.807, 2.05) is 13.8 Å². The molecule has 19 heavy (non-hydrogen) atoms. The van der Waals surface area contributed by atoms with Crippen LogP contribution in [0.3, 0.4) is 0 Å². The summed E-state index contributed by atoms with van der Waals surface area (Å²) in [5, 5.41) is 2.65. The highest BCUT2D eigenvalue weighted by molar-refractivity contribution is 6.05. The van der Waals surface area contributed by atoms with Gasteiger partial charge in [0, 0.05) is 6.20 Å². The maximum Gasteiger partial charge on any atom is 0.257 e. The Bertz CT molecular complexity index is 641. The Morgan fingerprint density at radius 3 is 2.58 bits per heavy atom. The van der Waals surface area contributed by atoms with Gasteiger partial charge in [-0.1, -0.05) is 0 Å². The number of hydrogen-bond acceptors (Lipinski definition) is 3. The first-order valence-corrected chi connectivity index (χ1v) is 5.76. The number of benzene rings is 1. The Morgan fingerprint density at radius 1 is 1.21 bits per heavy atom. The molecule has 2 rings (SSSR count). The fourth-order valence-electron chi connectivity index (χ4n) is 1.68. The molecule has 0 saturated heterocycles. The van der Waals surface area contributed by atoms with Gasteiger partial charge in [0.1, 0.15) is 5.82 Å². The summed E-state index contributed by atoms with van der Waals surface area (Å²) in [4.78, 5) is 15.6. The minimum atomic E-state index is -0.555. The lowest BCUT2D eigenvalue weighted by molar-refractivity contribution is 0.102. The fourth-order valence-corrected chi connectivity index (χ4v) is 1.68. The van der Waals surface area contributed by atoms with Gasteiger partial charge >= 0.3 is 0 Å². The first-order valence-electron chi connectivity index (χ1n) is 5.76. The number of aryl methyl sites for hydroxylation is 2. The van der Waals surface area contributed by atoms with E-state index in [1.165, 1.54) is 6.20 Å². The van der Waals surface area contributed by atoms with Crippen molar-refractivity contribution < 1.29 is 9.18 Å². The third-order valence-corrected chi connectivity index (χ3v) is 2.88. The van der Waals surface area contributed by atoms with E-state index in [-0.39, 0.29) is 5.56 Å². The van der Waals surface area contributed by atoms with Crippen molar-refractivity contribution in [1.29, 1.82) is 0 Å². The van der Waals surface area contributed by atoms with Gasteiger partial charge in [-0.2, -0.15) is 0 Å². The highest BCUT2D eigenvalue weighted by Crippen LogP contribution is 2.23. The van der Waals surface area contributed by atoms with E-state index in [1.54, 1.807) is 12.1 Å². The standard InChI is InChI=1S/C14H14FN3O/c1-8-3-12(16)13(4-9(8)2)18-14(19)10-5-11(15)7-17-6-10/h3-7H,16H2,1-2H3,(H,18,19). The number of rotatable bonds is 2. The number of pyridine rings is 1. The van der Waals surface area contributed by atoms with Crippen LogP contribution < -0.4 is 11.1 Å². The van der Waals surface area contributed by atoms with Gasteiger partial charge in [0.05, 0.1) is 23.1 Å². The number of carbonyl (C=O) groups excluding carboxylic acids is 1. The lowest BCUT2D eigenvalue weighted by atomic mass is 10.1. The lowest BCUT2D eigenvalue weighted by Crippen LogP contribution is -2.14. The normalized spacial score (nSPS) is 10.3. The molecule has 0 aliphatic carbocycles. The zero-order valence-electron chi connectivity index (χ0n) is 10.7. The number of nitrogens with one attached hydrogen (secondary N) is 1. The summed E-state index contributed by atoms with van der Waals surface area (Å²) < 4.78 is 13.0. The van der Waals surface area contributed by atoms with Crippen molar-refractivity contribution in [2.24, 2.45) is 0 Å². The van der Waals surface area contributed by atoms with Crippen molar-refractivity contribution in [1.82, 2.24) is 4.98 Å². The second-order valence-corrected chi connectivity index (χ2v) is 4.37. The largest absolute Gasteiger partial charge is 0.397 e. The summed E-state index contributed by atoms with van der Waals surface area (Å²) in [7, 11) is 0. The molecule has 0 unspecified atom stereocenters. The third kappa shape index (κ3) is 2.88. The van der Waals surface area contributed by atoms with Crippen molar-refractivity contribution in [2.45, 2.75) is 13.8 Å². The smallest absolute Gasteiger partial charge is 0.257 e. The van der Waals surface area contributed by atoms with Crippen LogP contribution >= 0.6 is 0 Å². The van der Waals surface area contributed by atoms with Crippen LogP contribution in [0.5, 0.6) is 0 Å². The van der Waals surface area contributed by atoms with E-state index < -0.39 is 11.7 Å². The molecule has 4 nitrogen and oxygen atoms in total. The second-order valence-electron chi connectivity index (χ2n) is 4.37. The number of carbonyl (C=O) groups is 1. The fraction of sp³-hybridized carbons (Fsp3) is 0.143. The molecule has 1 aromatic heterocycles. The van der Waals surface area contributed by atoms with Crippen molar-refractivity contribution in [3.05, 3.63) is 53.1 Å². The molecule has 5 heteroatoms. The van der Waals surface area contributed by atoms with Crippen LogP contribution in [-0.2, 0) is 0 Å². The topological polar surface area (TPSA) is 68.0 Å². The molecule has 0 fully saturated rings. The van der Waals surface area contributed by atoms with Crippen LogP contribution in [0.4, 0.5) is 15.8 Å². The Kier molecular flexibility index (Phi) is 3.46. The third-order valence-electron chi connectivity index (χ3n) is 2.88. The van der Waals surface area contributed by atoms with Gasteiger partial charge in [-0.15, -0.1) is 0 Å². The summed E-state index contributed by atoms with van der Waals surface area (Å²) >= 11 is 0. The molecular weight excluding hydrogens is 245 g/mol. The first kappa shape index (κ1) is 13.0. The zero-order chi connectivity index (χ0) is 14.0. The number of anilines is 2. The van der Waals surface area contributed by atoms with Gasteiger partial charge in [-0.25, -0.2) is 4.39 Å². The summed E-state index contributed by atoms with van der Waals surface area (Å²) in [6.07, 6.45) is 2.34. The number of nitrogen functional groups attached to an aromatic ring is 1. The molecule has 0 aliphatic heterocycles. The summed E-state index contributed by atoms with van der Waals surface area (Å²) in [5.41, 5.74) is 9.04. The van der Waals surface area contributed by atoms with Crippen molar-refractivity contribution in [3.8, 4) is 0 Å². The molecule has 0 radical (unpaired) electrons. The highest BCUT2D eigenvalue weighted by Gasteiger charge is 2.10. The number of halogens is 1. The Hall–Kier alpha value is -2.43. The highest BCUT2D eigenvalue weighted by atomic mass is 19.1. The molecular formula is C14H14FN3O. The molecule has 1 amide bonds. The van der Waals surface area contributed by atoms with E-state index in [2.05, 4.69) is 10.3 Å². The van der Waals surface area contributed by atoms with Crippen LogP contribution in [0.2, 0.25) is 0 Å². The molecule has 2 aromatic rings. The van der Waals surface area contributed by atoms with E-state index in [4.69, 9.17) is 5.73 Å². The van der Waals surface area contributed by atoms with Crippen LogP contribution in [0.15, 0.2) is 30.6 Å². The number of nitrogens with zero attached hydrogens (tertiary/aromatic N) is 1. The van der Waals surface area contributed by atoms with E-state index in [0.717, 1.165) is 23.4 Å². The predicted molar refractivity (Wildman–Crippen MR) is 72.5 cm³/mol. The Labute approximate surface area is 110 Å². The molecule has 3 N–H and O–H groups in total. The molecule has 1 aromatic carbocycles. The van der Waals surface area contributed by atoms with Gasteiger partial charge in [-0.3, -0.25) is 9.78 Å². The zero-order valence-corrected chi connectivity index (χ0v) is 10.7. The SMILES string of the molecule is Cc1cc(N)c(NC(=O)c2cncc(F)c2)cc1C. The minimum Gasteiger partial charge on any atom is -0.397 e. The first-order chi connectivity index (χ1) is 8.97. The summed E-state index contributed by atoms with van der Waals surface area (Å²) in [6, 6.07) is 4.70.